The smallest absolute Gasteiger partial charge is 0.276 e. The van der Waals surface area contributed by atoms with Crippen molar-refractivity contribution < 1.29 is 4.79 Å². The number of amides is 1. The van der Waals surface area contributed by atoms with Crippen LogP contribution in [-0.4, -0.2) is 45.9 Å². The van der Waals surface area contributed by atoms with Gasteiger partial charge in [0.1, 0.15) is 0 Å². The summed E-state index contributed by atoms with van der Waals surface area (Å²) >= 11 is 12.2. The minimum absolute atomic E-state index is 0. The SMILES string of the molecule is CC(c1ccc(Cl)cc1Cl)N(C)C(=O)c1cn(C2CCNCC2)nn1.Cl. The average molecular weight is 419 g/mol. The minimum atomic E-state index is -0.207. The Morgan fingerprint density at radius 3 is 2.69 bits per heavy atom. The maximum absolute atomic E-state index is 12.8. The van der Waals surface area contributed by atoms with Gasteiger partial charge < -0.3 is 10.2 Å². The van der Waals surface area contributed by atoms with Crippen LogP contribution in [0.5, 0.6) is 0 Å². The summed E-state index contributed by atoms with van der Waals surface area (Å²) in [4.78, 5) is 14.4. The Bertz CT molecular complexity index is 761. The number of hydrogen-bond acceptors (Lipinski definition) is 4. The van der Waals surface area contributed by atoms with E-state index in [2.05, 4.69) is 15.6 Å². The number of nitrogens with zero attached hydrogens (tertiary/aromatic N) is 4. The van der Waals surface area contributed by atoms with Gasteiger partial charge in [-0.2, -0.15) is 0 Å². The maximum Gasteiger partial charge on any atom is 0.276 e. The Hall–Kier alpha value is -1.34. The van der Waals surface area contributed by atoms with E-state index in [0.717, 1.165) is 31.5 Å². The molecule has 9 heteroatoms. The van der Waals surface area contributed by atoms with Crippen LogP contribution in [0.15, 0.2) is 24.4 Å². The second-order valence-corrected chi connectivity index (χ2v) is 7.17. The molecule has 1 aromatic heterocycles. The highest BCUT2D eigenvalue weighted by Gasteiger charge is 2.24. The highest BCUT2D eigenvalue weighted by Crippen LogP contribution is 2.29. The molecule has 0 spiro atoms. The Kier molecular flexibility index (Phi) is 7.29. The first-order chi connectivity index (χ1) is 12.0. The minimum Gasteiger partial charge on any atom is -0.333 e. The zero-order chi connectivity index (χ0) is 18.0. The van der Waals surface area contributed by atoms with Gasteiger partial charge >= 0.3 is 0 Å². The third-order valence-electron chi connectivity index (χ3n) is 4.73. The third kappa shape index (κ3) is 4.49. The van der Waals surface area contributed by atoms with Crippen molar-refractivity contribution in [2.24, 2.45) is 0 Å². The molecule has 0 radical (unpaired) electrons. The van der Waals surface area contributed by atoms with E-state index in [-0.39, 0.29) is 24.4 Å². The number of hydrogen-bond donors (Lipinski definition) is 1. The van der Waals surface area contributed by atoms with E-state index in [1.807, 2.05) is 17.7 Å². The van der Waals surface area contributed by atoms with Crippen LogP contribution in [0.3, 0.4) is 0 Å². The number of rotatable bonds is 4. The number of carbonyl (C=O) groups excluding carboxylic acids is 1. The summed E-state index contributed by atoms with van der Waals surface area (Å²) in [7, 11) is 1.74. The highest BCUT2D eigenvalue weighted by molar-refractivity contribution is 6.35. The fourth-order valence-electron chi connectivity index (χ4n) is 3.03. The van der Waals surface area contributed by atoms with Gasteiger partial charge in [-0.1, -0.05) is 34.5 Å². The molecule has 1 atom stereocenters. The molecule has 0 bridgehead atoms. The van der Waals surface area contributed by atoms with E-state index in [1.165, 1.54) is 0 Å². The van der Waals surface area contributed by atoms with Crippen LogP contribution in [-0.2, 0) is 0 Å². The summed E-state index contributed by atoms with van der Waals surface area (Å²) < 4.78 is 1.81. The second-order valence-electron chi connectivity index (χ2n) is 6.32. The Morgan fingerprint density at radius 1 is 1.35 bits per heavy atom. The molecular weight excluding hydrogens is 397 g/mol. The van der Waals surface area contributed by atoms with E-state index >= 15 is 0 Å². The van der Waals surface area contributed by atoms with Gasteiger partial charge in [-0.05, 0) is 50.6 Å². The average Bonchev–Trinajstić information content (AvgIpc) is 3.11. The van der Waals surface area contributed by atoms with Gasteiger partial charge in [-0.25, -0.2) is 4.68 Å². The van der Waals surface area contributed by atoms with Crippen LogP contribution >= 0.6 is 35.6 Å². The number of piperidine rings is 1. The summed E-state index contributed by atoms with van der Waals surface area (Å²) in [6.45, 7) is 3.84. The fourth-order valence-corrected chi connectivity index (χ4v) is 3.60. The fraction of sp³-hybridized carbons (Fsp3) is 0.471. The molecule has 2 heterocycles. The first kappa shape index (κ1) is 21.0. The predicted molar refractivity (Wildman–Crippen MR) is 105 cm³/mol. The van der Waals surface area contributed by atoms with Crippen molar-refractivity contribution in [3.05, 3.63) is 45.7 Å². The largest absolute Gasteiger partial charge is 0.333 e. The van der Waals surface area contributed by atoms with Crippen molar-refractivity contribution in [1.82, 2.24) is 25.2 Å². The lowest BCUT2D eigenvalue weighted by Gasteiger charge is -2.25. The van der Waals surface area contributed by atoms with E-state index in [4.69, 9.17) is 23.2 Å². The van der Waals surface area contributed by atoms with Crippen molar-refractivity contribution in [3.8, 4) is 0 Å². The summed E-state index contributed by atoms with van der Waals surface area (Å²) in [5.41, 5.74) is 1.19. The molecule has 1 saturated heterocycles. The van der Waals surface area contributed by atoms with Crippen LogP contribution in [0.25, 0.3) is 0 Å². The van der Waals surface area contributed by atoms with E-state index in [0.29, 0.717) is 21.8 Å². The van der Waals surface area contributed by atoms with Gasteiger partial charge in [0.15, 0.2) is 5.69 Å². The van der Waals surface area contributed by atoms with Crippen molar-refractivity contribution in [2.45, 2.75) is 31.8 Å². The summed E-state index contributed by atoms with van der Waals surface area (Å²) in [6, 6.07) is 5.38. The molecule has 1 unspecified atom stereocenters. The van der Waals surface area contributed by atoms with Crippen molar-refractivity contribution in [1.29, 1.82) is 0 Å². The number of carbonyl (C=O) groups is 1. The van der Waals surface area contributed by atoms with Crippen molar-refractivity contribution in [3.63, 3.8) is 0 Å². The Morgan fingerprint density at radius 2 is 2.04 bits per heavy atom. The molecule has 142 valence electrons. The third-order valence-corrected chi connectivity index (χ3v) is 5.29. The van der Waals surface area contributed by atoms with Gasteiger partial charge in [0.05, 0.1) is 18.3 Å². The number of nitrogens with one attached hydrogen (secondary N) is 1. The molecule has 0 aliphatic carbocycles. The lowest BCUT2D eigenvalue weighted by Crippen LogP contribution is -2.30. The lowest BCUT2D eigenvalue weighted by atomic mass is 10.1. The van der Waals surface area contributed by atoms with Gasteiger partial charge in [0.25, 0.3) is 5.91 Å². The molecule has 2 aromatic rings. The van der Waals surface area contributed by atoms with Gasteiger partial charge in [0.2, 0.25) is 0 Å². The predicted octanol–water partition coefficient (Wildman–Crippen LogP) is 3.76. The molecule has 1 N–H and O–H groups in total. The van der Waals surface area contributed by atoms with Crippen LogP contribution in [0, 0.1) is 0 Å². The van der Waals surface area contributed by atoms with Gasteiger partial charge in [-0.3, -0.25) is 4.79 Å². The van der Waals surface area contributed by atoms with Crippen LogP contribution in [0.2, 0.25) is 10.0 Å². The van der Waals surface area contributed by atoms with Crippen LogP contribution in [0.1, 0.15) is 47.9 Å². The van der Waals surface area contributed by atoms with Gasteiger partial charge in [-0.15, -0.1) is 17.5 Å². The van der Waals surface area contributed by atoms with E-state index < -0.39 is 0 Å². The van der Waals surface area contributed by atoms with Crippen LogP contribution < -0.4 is 5.32 Å². The zero-order valence-corrected chi connectivity index (χ0v) is 17.0. The second kappa shape index (κ2) is 9.04. The quantitative estimate of drug-likeness (QED) is 0.821. The normalized spacial score (nSPS) is 16.0. The van der Waals surface area contributed by atoms with E-state index in [9.17, 15) is 4.79 Å². The van der Waals surface area contributed by atoms with Crippen molar-refractivity contribution in [2.75, 3.05) is 20.1 Å². The molecule has 1 aromatic carbocycles. The number of halogens is 3. The summed E-state index contributed by atoms with van der Waals surface area (Å²) in [5.74, 6) is -0.182. The molecule has 1 fully saturated rings. The lowest BCUT2D eigenvalue weighted by molar-refractivity contribution is 0.0736. The Balaban J connectivity index is 0.00000243. The van der Waals surface area contributed by atoms with Gasteiger partial charge in [0, 0.05) is 17.1 Å². The molecule has 1 aliphatic heterocycles. The zero-order valence-electron chi connectivity index (χ0n) is 14.7. The summed E-state index contributed by atoms with van der Waals surface area (Å²) in [5, 5.41) is 12.6. The highest BCUT2D eigenvalue weighted by atomic mass is 35.5. The molecule has 0 saturated carbocycles. The first-order valence-corrected chi connectivity index (χ1v) is 9.07. The maximum atomic E-state index is 12.8. The summed E-state index contributed by atoms with van der Waals surface area (Å²) in [6.07, 6.45) is 3.72. The van der Waals surface area contributed by atoms with Crippen molar-refractivity contribution >= 4 is 41.5 Å². The number of aromatic nitrogens is 3. The molecule has 3 rings (SSSR count). The molecule has 26 heavy (non-hydrogen) atoms. The standard InChI is InChI=1S/C17H21Cl2N5O.ClH/c1-11(14-4-3-12(18)9-15(14)19)23(2)17(25)16-10-24(22-21-16)13-5-7-20-8-6-13;/h3-4,9-11,13,20H,5-8H2,1-2H3;1H. The first-order valence-electron chi connectivity index (χ1n) is 8.32. The Labute approximate surface area is 169 Å². The van der Waals surface area contributed by atoms with Crippen LogP contribution in [0.4, 0.5) is 0 Å². The molecule has 1 amide bonds. The number of benzene rings is 1. The molecule has 1 aliphatic rings. The molecular formula is C17H22Cl3N5O. The molecule has 6 nitrogen and oxygen atoms in total. The monoisotopic (exact) mass is 417 g/mol. The van der Waals surface area contributed by atoms with E-state index in [1.54, 1.807) is 30.3 Å². The topological polar surface area (TPSA) is 63.1 Å².